The van der Waals surface area contributed by atoms with E-state index in [0.717, 1.165) is 5.56 Å². The van der Waals surface area contributed by atoms with Crippen LogP contribution in [0.5, 0.6) is 5.75 Å². The van der Waals surface area contributed by atoms with Crippen LogP contribution < -0.4 is 4.74 Å². The Bertz CT molecular complexity index is 1270. The van der Waals surface area contributed by atoms with Crippen LogP contribution >= 0.6 is 15.9 Å². The molecule has 1 aliphatic rings. The summed E-state index contributed by atoms with van der Waals surface area (Å²) in [4.78, 5) is 15.4. The highest BCUT2D eigenvalue weighted by Gasteiger charge is 2.54. The van der Waals surface area contributed by atoms with Gasteiger partial charge in [-0.2, -0.15) is 9.57 Å². The number of methoxy groups -OCH3 is 1. The molecular weight excluding hydrogens is 472 g/mol. The van der Waals surface area contributed by atoms with Crippen molar-refractivity contribution in [3.63, 3.8) is 0 Å². The summed E-state index contributed by atoms with van der Waals surface area (Å²) in [5.74, 6) is 0.658. The van der Waals surface area contributed by atoms with Crippen molar-refractivity contribution < 1.29 is 17.9 Å². The van der Waals surface area contributed by atoms with Gasteiger partial charge >= 0.3 is 0 Å². The van der Waals surface area contributed by atoms with Gasteiger partial charge in [0.1, 0.15) is 21.9 Å². The van der Waals surface area contributed by atoms with Crippen molar-refractivity contribution in [3.05, 3.63) is 58.5 Å². The fraction of sp³-hybridized carbons (Fsp3) is 0.250. The van der Waals surface area contributed by atoms with Crippen LogP contribution in [0.4, 0.5) is 0 Å². The number of hydrogen-bond acceptors (Lipinski definition) is 6. The summed E-state index contributed by atoms with van der Waals surface area (Å²) in [6.45, 7) is 0.0417. The quantitative estimate of drug-likeness (QED) is 0.473. The molecule has 0 radical (unpaired) electrons. The van der Waals surface area contributed by atoms with Crippen LogP contribution in [0.15, 0.2) is 52.1 Å². The Morgan fingerprint density at radius 2 is 2.07 bits per heavy atom. The molecule has 0 unspecified atom stereocenters. The average molecular weight is 489 g/mol. The first kappa shape index (κ1) is 20.5. The molecule has 30 heavy (non-hydrogen) atoms. The van der Waals surface area contributed by atoms with Gasteiger partial charge in [0.05, 0.1) is 23.8 Å². The van der Waals surface area contributed by atoms with Gasteiger partial charge in [-0.1, -0.05) is 12.1 Å². The smallest absolute Gasteiger partial charge is 0.246 e. The third-order valence-corrected chi connectivity index (χ3v) is 7.63. The number of pyridine rings is 1. The molecule has 0 bridgehead atoms. The molecule has 2 heterocycles. The molecule has 0 atom stereocenters. The minimum Gasteiger partial charge on any atom is -0.497 e. The van der Waals surface area contributed by atoms with Crippen molar-refractivity contribution in [2.75, 3.05) is 7.11 Å². The lowest BCUT2D eigenvalue weighted by atomic mass is 10.2. The number of aromatic nitrogens is 2. The molecule has 0 saturated heterocycles. The third-order valence-electron chi connectivity index (χ3n) is 5.17. The Morgan fingerprint density at radius 1 is 1.37 bits per heavy atom. The normalized spacial score (nSPS) is 15.1. The summed E-state index contributed by atoms with van der Waals surface area (Å²) in [5, 5.41) is 9.73. The molecule has 154 valence electrons. The van der Waals surface area contributed by atoms with Crippen LogP contribution in [0.2, 0.25) is 0 Å². The number of carbonyl (C=O) groups is 1. The van der Waals surface area contributed by atoms with Gasteiger partial charge in [-0.3, -0.25) is 9.20 Å². The molecule has 1 aromatic carbocycles. The number of hydrogen-bond donors (Lipinski definition) is 0. The predicted octanol–water partition coefficient (Wildman–Crippen LogP) is 3.16. The Hall–Kier alpha value is -2.74. The number of rotatable bonds is 7. The summed E-state index contributed by atoms with van der Waals surface area (Å²) in [6, 6.07) is 10.7. The molecule has 0 amide bonds. The van der Waals surface area contributed by atoms with Crippen LogP contribution in [0.1, 0.15) is 28.9 Å². The number of carbonyl (C=O) groups excluding carboxylic acids is 1. The van der Waals surface area contributed by atoms with E-state index in [1.807, 2.05) is 0 Å². The summed E-state index contributed by atoms with van der Waals surface area (Å²) in [5.41, 5.74) is 0.310. The molecular formula is C20H17BrN4O4S. The molecule has 8 nitrogen and oxygen atoms in total. The van der Waals surface area contributed by atoms with E-state index >= 15 is 0 Å². The highest BCUT2D eigenvalue weighted by molar-refractivity contribution is 9.10. The molecule has 0 spiro atoms. The second kappa shape index (κ2) is 7.50. The molecule has 1 aliphatic carbocycles. The molecule has 4 rings (SSSR count). The minimum absolute atomic E-state index is 0.0296. The van der Waals surface area contributed by atoms with E-state index in [1.54, 1.807) is 31.4 Å². The second-order valence-electron chi connectivity index (χ2n) is 7.02. The average Bonchev–Trinajstić information content (AvgIpc) is 3.43. The summed E-state index contributed by atoms with van der Waals surface area (Å²) in [7, 11) is -2.50. The zero-order chi connectivity index (χ0) is 21.5. The Balaban J connectivity index is 1.81. The van der Waals surface area contributed by atoms with Gasteiger partial charge in [0.2, 0.25) is 10.0 Å². The lowest BCUT2D eigenvalue weighted by Crippen LogP contribution is -2.40. The van der Waals surface area contributed by atoms with Gasteiger partial charge in [-0.05, 0) is 52.5 Å². The number of fused-ring (bicyclic) bond motifs is 1. The van der Waals surface area contributed by atoms with Gasteiger partial charge in [-0.15, -0.1) is 0 Å². The topological polar surface area (TPSA) is 105 Å². The van der Waals surface area contributed by atoms with E-state index in [9.17, 15) is 18.5 Å². The molecule has 1 saturated carbocycles. The summed E-state index contributed by atoms with van der Waals surface area (Å²) < 4.78 is 35.5. The molecule has 2 aromatic heterocycles. The monoisotopic (exact) mass is 488 g/mol. The number of benzene rings is 1. The van der Waals surface area contributed by atoms with E-state index in [1.165, 1.54) is 27.2 Å². The second-order valence-corrected chi connectivity index (χ2v) is 9.74. The van der Waals surface area contributed by atoms with Gasteiger partial charge in [-0.25, -0.2) is 13.4 Å². The first-order chi connectivity index (χ1) is 14.3. The minimum atomic E-state index is -4.05. The van der Waals surface area contributed by atoms with E-state index in [4.69, 9.17) is 4.74 Å². The maximum Gasteiger partial charge on any atom is 0.246 e. The summed E-state index contributed by atoms with van der Waals surface area (Å²) in [6.07, 6.45) is 4.27. The largest absolute Gasteiger partial charge is 0.497 e. The fourth-order valence-corrected chi connectivity index (χ4v) is 5.75. The van der Waals surface area contributed by atoms with Crippen LogP contribution in [-0.4, -0.2) is 41.0 Å². The maximum absolute atomic E-state index is 13.6. The van der Waals surface area contributed by atoms with Gasteiger partial charge in [0.25, 0.3) is 0 Å². The molecule has 3 aromatic rings. The highest BCUT2D eigenvalue weighted by Crippen LogP contribution is 2.45. The van der Waals surface area contributed by atoms with Crippen molar-refractivity contribution in [2.24, 2.45) is 0 Å². The van der Waals surface area contributed by atoms with Crippen molar-refractivity contribution in [2.45, 2.75) is 29.8 Å². The molecule has 0 aliphatic heterocycles. The van der Waals surface area contributed by atoms with Gasteiger partial charge in [0, 0.05) is 12.7 Å². The standard InChI is InChI=1S/C20H17BrN4O4S/c1-29-16-4-2-14(3-5-16)10-25(20(13-22)6-7-20)30(27,28)17-8-18(21)19-23-9-15(12-26)24(19)11-17/h2-5,8-9,11-12H,6-7,10H2,1H3. The first-order valence-corrected chi connectivity index (χ1v) is 11.3. The first-order valence-electron chi connectivity index (χ1n) is 9.03. The van der Waals surface area contributed by atoms with Crippen molar-refractivity contribution in [1.29, 1.82) is 5.26 Å². The van der Waals surface area contributed by atoms with E-state index < -0.39 is 15.6 Å². The number of aldehydes is 1. The van der Waals surface area contributed by atoms with Crippen LogP contribution in [0, 0.1) is 11.3 Å². The van der Waals surface area contributed by atoms with Gasteiger partial charge < -0.3 is 4.74 Å². The van der Waals surface area contributed by atoms with Crippen molar-refractivity contribution in [3.8, 4) is 11.8 Å². The molecule has 1 fully saturated rings. The maximum atomic E-state index is 13.6. The van der Waals surface area contributed by atoms with E-state index in [2.05, 4.69) is 27.0 Å². The number of halogens is 1. The fourth-order valence-electron chi connectivity index (χ4n) is 3.29. The van der Waals surface area contributed by atoms with Crippen molar-refractivity contribution in [1.82, 2.24) is 13.7 Å². The molecule has 0 N–H and O–H groups in total. The van der Waals surface area contributed by atoms with Crippen molar-refractivity contribution >= 4 is 37.9 Å². The number of nitriles is 1. The highest BCUT2D eigenvalue weighted by atomic mass is 79.9. The van der Waals surface area contributed by atoms with E-state index in [-0.39, 0.29) is 17.1 Å². The number of ether oxygens (including phenoxy) is 1. The predicted molar refractivity (Wildman–Crippen MR) is 112 cm³/mol. The van der Waals surface area contributed by atoms with Gasteiger partial charge in [0.15, 0.2) is 11.9 Å². The lowest BCUT2D eigenvalue weighted by molar-refractivity contribution is 0.111. The Labute approximate surface area is 181 Å². The third kappa shape index (κ3) is 3.39. The summed E-state index contributed by atoms with van der Waals surface area (Å²) >= 11 is 3.34. The number of imidazole rings is 1. The van der Waals surface area contributed by atoms with Crippen LogP contribution in [-0.2, 0) is 16.6 Å². The van der Waals surface area contributed by atoms with Crippen LogP contribution in [0.3, 0.4) is 0 Å². The van der Waals surface area contributed by atoms with E-state index in [0.29, 0.717) is 35.0 Å². The zero-order valence-electron chi connectivity index (χ0n) is 15.9. The lowest BCUT2D eigenvalue weighted by Gasteiger charge is -2.27. The Kier molecular flexibility index (Phi) is 5.13. The number of nitrogens with zero attached hydrogens (tertiary/aromatic N) is 4. The van der Waals surface area contributed by atoms with Crippen LogP contribution in [0.25, 0.3) is 5.65 Å². The Morgan fingerprint density at radius 3 is 2.63 bits per heavy atom. The molecule has 10 heteroatoms. The number of sulfonamides is 1. The zero-order valence-corrected chi connectivity index (χ0v) is 18.4. The SMILES string of the molecule is COc1ccc(CN(C2(C#N)CC2)S(=O)(=O)c2cc(Br)c3ncc(C=O)n3c2)cc1.